The Hall–Kier alpha value is -2.78. The Morgan fingerprint density at radius 3 is 2.59 bits per heavy atom. The molecule has 3 rings (SSSR count). The molecule has 0 unspecified atom stereocenters. The number of hydrogen-bond donors (Lipinski definition) is 2. The van der Waals surface area contributed by atoms with E-state index >= 15 is 0 Å². The second-order valence-corrected chi connectivity index (χ2v) is 8.47. The molecular weight excluding hydrogens is 397 g/mol. The Kier molecular flexibility index (Phi) is 6.60. The van der Waals surface area contributed by atoms with Crippen molar-refractivity contribution in [3.63, 3.8) is 0 Å². The molecule has 0 aromatic heterocycles. The zero-order valence-electron chi connectivity index (χ0n) is 15.7. The van der Waals surface area contributed by atoms with Crippen molar-refractivity contribution in [3.8, 4) is 0 Å². The topological polar surface area (TPSA) is 95.6 Å². The van der Waals surface area contributed by atoms with Crippen molar-refractivity contribution < 1.29 is 22.4 Å². The highest BCUT2D eigenvalue weighted by atomic mass is 32.2. The van der Waals surface area contributed by atoms with Crippen molar-refractivity contribution in [1.29, 1.82) is 0 Å². The Bertz CT molecular complexity index is 993. The molecule has 1 saturated heterocycles. The molecule has 0 spiro atoms. The number of carbonyl (C=O) groups is 2. The second-order valence-electron chi connectivity index (χ2n) is 6.70. The van der Waals surface area contributed by atoms with E-state index < -0.39 is 15.8 Å². The lowest BCUT2D eigenvalue weighted by atomic mass is 10.2. The van der Waals surface area contributed by atoms with Crippen LogP contribution in [-0.4, -0.2) is 33.3 Å². The van der Waals surface area contributed by atoms with Gasteiger partial charge in [-0.15, -0.1) is 0 Å². The van der Waals surface area contributed by atoms with Crippen molar-refractivity contribution in [1.82, 2.24) is 4.72 Å². The van der Waals surface area contributed by atoms with E-state index in [1.165, 1.54) is 12.1 Å². The van der Waals surface area contributed by atoms with Crippen LogP contribution in [0.2, 0.25) is 0 Å². The van der Waals surface area contributed by atoms with E-state index in [0.717, 1.165) is 24.2 Å². The summed E-state index contributed by atoms with van der Waals surface area (Å²) in [5.41, 5.74) is 1.33. The minimum Gasteiger partial charge on any atom is -0.326 e. The van der Waals surface area contributed by atoms with Crippen molar-refractivity contribution in [3.05, 3.63) is 54.3 Å². The van der Waals surface area contributed by atoms with Crippen LogP contribution in [0.4, 0.5) is 15.8 Å². The first-order valence-corrected chi connectivity index (χ1v) is 10.8. The molecule has 9 heteroatoms. The predicted molar refractivity (Wildman–Crippen MR) is 107 cm³/mol. The van der Waals surface area contributed by atoms with Crippen molar-refractivity contribution in [2.45, 2.75) is 30.6 Å². The average Bonchev–Trinajstić information content (AvgIpc) is 3.12. The van der Waals surface area contributed by atoms with Gasteiger partial charge in [0.25, 0.3) is 0 Å². The zero-order chi connectivity index (χ0) is 20.9. The maximum Gasteiger partial charge on any atom is 0.240 e. The highest BCUT2D eigenvalue weighted by molar-refractivity contribution is 7.89. The number of nitrogens with one attached hydrogen (secondary N) is 2. The van der Waals surface area contributed by atoms with E-state index in [9.17, 15) is 22.4 Å². The van der Waals surface area contributed by atoms with E-state index in [1.807, 2.05) is 6.07 Å². The molecule has 2 aromatic rings. The van der Waals surface area contributed by atoms with E-state index in [1.54, 1.807) is 23.1 Å². The number of hydrogen-bond acceptors (Lipinski definition) is 4. The lowest BCUT2D eigenvalue weighted by Crippen LogP contribution is -2.26. The number of benzene rings is 2. The van der Waals surface area contributed by atoms with Crippen LogP contribution in [0.5, 0.6) is 0 Å². The third-order valence-corrected chi connectivity index (χ3v) is 5.99. The van der Waals surface area contributed by atoms with Crippen molar-refractivity contribution >= 4 is 33.2 Å². The van der Waals surface area contributed by atoms with Crippen LogP contribution in [-0.2, 0) is 19.6 Å². The summed E-state index contributed by atoms with van der Waals surface area (Å²) in [6, 6.07) is 11.6. The third kappa shape index (κ3) is 5.61. The number of rotatable bonds is 8. The molecule has 154 valence electrons. The van der Waals surface area contributed by atoms with Gasteiger partial charge in [-0.2, -0.15) is 0 Å². The van der Waals surface area contributed by atoms with Crippen LogP contribution in [0.15, 0.2) is 53.4 Å². The molecule has 2 aromatic carbocycles. The van der Waals surface area contributed by atoms with Gasteiger partial charge >= 0.3 is 0 Å². The van der Waals surface area contributed by atoms with E-state index in [-0.39, 0.29) is 29.7 Å². The van der Waals surface area contributed by atoms with Gasteiger partial charge in [0.15, 0.2) is 0 Å². The number of nitrogens with zero attached hydrogens (tertiary/aromatic N) is 1. The molecule has 0 radical (unpaired) electrons. The molecule has 2 N–H and O–H groups in total. The quantitative estimate of drug-likeness (QED) is 0.643. The summed E-state index contributed by atoms with van der Waals surface area (Å²) in [7, 11) is -3.74. The van der Waals surface area contributed by atoms with Gasteiger partial charge in [0.2, 0.25) is 21.8 Å². The van der Waals surface area contributed by atoms with E-state index in [0.29, 0.717) is 25.1 Å². The summed E-state index contributed by atoms with van der Waals surface area (Å²) in [6.07, 6.45) is 1.78. The van der Waals surface area contributed by atoms with Gasteiger partial charge in [-0.1, -0.05) is 6.07 Å². The Morgan fingerprint density at radius 1 is 1.14 bits per heavy atom. The Morgan fingerprint density at radius 2 is 1.90 bits per heavy atom. The summed E-state index contributed by atoms with van der Waals surface area (Å²) in [5.74, 6) is -0.698. The lowest BCUT2D eigenvalue weighted by Gasteiger charge is -2.16. The normalized spacial score (nSPS) is 14.2. The third-order valence-electron chi connectivity index (χ3n) is 4.51. The van der Waals surface area contributed by atoms with Gasteiger partial charge in [0.05, 0.1) is 4.90 Å². The minimum atomic E-state index is -3.74. The summed E-state index contributed by atoms with van der Waals surface area (Å²) in [4.78, 5) is 25.6. The first kappa shape index (κ1) is 20.9. The number of sulfonamides is 1. The van der Waals surface area contributed by atoms with Gasteiger partial charge in [0, 0.05) is 37.3 Å². The molecule has 1 aliphatic rings. The summed E-state index contributed by atoms with van der Waals surface area (Å²) >= 11 is 0. The molecule has 29 heavy (non-hydrogen) atoms. The molecule has 1 heterocycles. The molecule has 1 aliphatic heterocycles. The van der Waals surface area contributed by atoms with Crippen LogP contribution in [0, 0.1) is 5.82 Å². The lowest BCUT2D eigenvalue weighted by molar-refractivity contribution is -0.117. The van der Waals surface area contributed by atoms with Gasteiger partial charge < -0.3 is 10.2 Å². The number of carbonyl (C=O) groups excluding carboxylic acids is 2. The fourth-order valence-electron chi connectivity index (χ4n) is 3.05. The summed E-state index contributed by atoms with van der Waals surface area (Å²) in [6.45, 7) is 0.750. The molecule has 0 atom stereocenters. The SMILES string of the molecule is O=C(CCCNS(=O)(=O)c1ccc(F)cc1)Nc1cccc(N2CCCC2=O)c1. The molecule has 1 fully saturated rings. The second kappa shape index (κ2) is 9.15. The maximum absolute atomic E-state index is 12.9. The minimum absolute atomic E-state index is 0.0309. The summed E-state index contributed by atoms with van der Waals surface area (Å²) in [5, 5.41) is 2.76. The largest absolute Gasteiger partial charge is 0.326 e. The Balaban J connectivity index is 1.47. The molecule has 0 bridgehead atoms. The fraction of sp³-hybridized carbons (Fsp3) is 0.300. The van der Waals surface area contributed by atoms with E-state index in [4.69, 9.17) is 0 Å². The predicted octanol–water partition coefficient (Wildman–Crippen LogP) is 2.65. The van der Waals surface area contributed by atoms with Crippen LogP contribution in [0.1, 0.15) is 25.7 Å². The first-order chi connectivity index (χ1) is 13.8. The standard InChI is InChI=1S/C20H22FN3O4S/c21-15-8-10-18(11-9-15)29(27,28)22-12-2-6-19(25)23-16-4-1-5-17(14-16)24-13-3-7-20(24)26/h1,4-5,8-11,14,22H,2-3,6-7,12-13H2,(H,23,25). The summed E-state index contributed by atoms with van der Waals surface area (Å²) < 4.78 is 39.5. The fourth-order valence-corrected chi connectivity index (χ4v) is 4.12. The smallest absolute Gasteiger partial charge is 0.240 e. The number of anilines is 2. The highest BCUT2D eigenvalue weighted by Crippen LogP contribution is 2.24. The zero-order valence-corrected chi connectivity index (χ0v) is 16.5. The maximum atomic E-state index is 12.9. The van der Waals surface area contributed by atoms with Crippen LogP contribution < -0.4 is 14.9 Å². The molecule has 7 nitrogen and oxygen atoms in total. The van der Waals surface area contributed by atoms with Gasteiger partial charge in [0.1, 0.15) is 5.82 Å². The van der Waals surface area contributed by atoms with Gasteiger partial charge in [-0.3, -0.25) is 9.59 Å². The number of amides is 2. The van der Waals surface area contributed by atoms with E-state index in [2.05, 4.69) is 10.0 Å². The van der Waals surface area contributed by atoms with Crippen LogP contribution in [0.3, 0.4) is 0 Å². The van der Waals surface area contributed by atoms with Gasteiger partial charge in [-0.05, 0) is 55.3 Å². The number of halogens is 1. The monoisotopic (exact) mass is 419 g/mol. The van der Waals surface area contributed by atoms with Crippen LogP contribution >= 0.6 is 0 Å². The van der Waals surface area contributed by atoms with Crippen LogP contribution in [0.25, 0.3) is 0 Å². The average molecular weight is 419 g/mol. The van der Waals surface area contributed by atoms with Gasteiger partial charge in [-0.25, -0.2) is 17.5 Å². The van der Waals surface area contributed by atoms with Crippen molar-refractivity contribution in [2.75, 3.05) is 23.3 Å². The molecule has 2 amide bonds. The van der Waals surface area contributed by atoms with Crippen molar-refractivity contribution in [2.24, 2.45) is 0 Å². The Labute approximate surface area is 169 Å². The molecule has 0 saturated carbocycles. The highest BCUT2D eigenvalue weighted by Gasteiger charge is 2.21. The first-order valence-electron chi connectivity index (χ1n) is 9.31. The molecule has 0 aliphatic carbocycles. The molecular formula is C20H22FN3O4S.